The summed E-state index contributed by atoms with van der Waals surface area (Å²) in [4.78, 5) is 13.5. The van der Waals surface area contributed by atoms with E-state index in [9.17, 15) is 4.79 Å². The van der Waals surface area contributed by atoms with Crippen LogP contribution in [0.1, 0.15) is 65.6 Å². The molecule has 0 saturated carbocycles. The highest BCUT2D eigenvalue weighted by atomic mass is 16.5. The Hall–Kier alpha value is -2.37. The van der Waals surface area contributed by atoms with E-state index in [1.807, 2.05) is 24.3 Å². The Kier molecular flexibility index (Phi) is 6.33. The Morgan fingerprint density at radius 2 is 1.11 bits per heavy atom. The summed E-state index contributed by atoms with van der Waals surface area (Å²) in [5.41, 5.74) is 3.88. The fourth-order valence-corrected chi connectivity index (χ4v) is 7.19. The number of nitrogens with zero attached hydrogens (tertiary/aromatic N) is 2. The van der Waals surface area contributed by atoms with E-state index in [4.69, 9.17) is 9.47 Å². The Morgan fingerprint density at radius 1 is 0.694 bits per heavy atom. The molecule has 2 aromatic carbocycles. The van der Waals surface area contributed by atoms with Crippen molar-refractivity contribution in [1.82, 2.24) is 0 Å². The molecule has 2 fully saturated rings. The van der Waals surface area contributed by atoms with Crippen molar-refractivity contribution in [2.24, 2.45) is 0 Å². The zero-order valence-electron chi connectivity index (χ0n) is 22.1. The summed E-state index contributed by atoms with van der Waals surface area (Å²) in [5, 5.41) is 0. The van der Waals surface area contributed by atoms with E-state index in [0.29, 0.717) is 0 Å². The number of quaternary nitrogens is 2. The van der Waals surface area contributed by atoms with Crippen molar-refractivity contribution in [1.29, 1.82) is 0 Å². The number of likely N-dealkylation sites (tertiary alicyclic amines) is 2. The number of carbonyl (C=O) groups excluding carboxylic acids is 1. The van der Waals surface area contributed by atoms with Crippen molar-refractivity contribution in [3.63, 3.8) is 0 Å². The van der Waals surface area contributed by atoms with Gasteiger partial charge in [0.2, 0.25) is 0 Å². The summed E-state index contributed by atoms with van der Waals surface area (Å²) in [6.07, 6.45) is 10.2. The number of ether oxygens (including phenoxy) is 2. The van der Waals surface area contributed by atoms with Crippen LogP contribution in [0.3, 0.4) is 0 Å². The Balaban J connectivity index is 1.11. The van der Waals surface area contributed by atoms with Gasteiger partial charge in [0.05, 0.1) is 40.3 Å². The van der Waals surface area contributed by atoms with Gasteiger partial charge in [-0.15, -0.1) is 0 Å². The van der Waals surface area contributed by atoms with Crippen LogP contribution in [0.2, 0.25) is 0 Å². The molecule has 4 heterocycles. The molecule has 0 aliphatic carbocycles. The number of carbonyl (C=O) groups is 1. The molecular weight excluding hydrogens is 448 g/mol. The third kappa shape index (κ3) is 4.92. The molecule has 5 heteroatoms. The van der Waals surface area contributed by atoms with E-state index in [0.717, 1.165) is 57.5 Å². The summed E-state index contributed by atoms with van der Waals surface area (Å²) in [7, 11) is 4.74. The molecule has 0 bridgehead atoms. The van der Waals surface area contributed by atoms with Crippen LogP contribution in [0.4, 0.5) is 0 Å². The lowest BCUT2D eigenvalue weighted by Crippen LogP contribution is -2.52. The largest absolute Gasteiger partial charge is 0.484 e. The molecular formula is C31H42N2O3+2. The smallest absolute Gasteiger partial charge is 0.193 e. The minimum atomic E-state index is 0.0950. The summed E-state index contributed by atoms with van der Waals surface area (Å²) in [5.74, 6) is 2.01. The van der Waals surface area contributed by atoms with Gasteiger partial charge in [0.1, 0.15) is 24.6 Å². The number of fused-ring (bicyclic) bond motifs is 2. The van der Waals surface area contributed by atoms with Gasteiger partial charge in [0.25, 0.3) is 0 Å². The highest BCUT2D eigenvalue weighted by Crippen LogP contribution is 2.34. The number of hydrogen-bond acceptors (Lipinski definition) is 3. The molecule has 0 radical (unpaired) electrons. The molecule has 2 atom stereocenters. The molecule has 0 N–H and O–H groups in total. The zero-order valence-corrected chi connectivity index (χ0v) is 22.1. The molecule has 4 aliphatic heterocycles. The third-order valence-corrected chi connectivity index (χ3v) is 9.21. The minimum Gasteiger partial charge on any atom is -0.484 e. The van der Waals surface area contributed by atoms with E-state index >= 15 is 0 Å². The summed E-state index contributed by atoms with van der Waals surface area (Å²) in [6.45, 7) is 7.12. The summed E-state index contributed by atoms with van der Waals surface area (Å²) >= 11 is 0. The molecule has 192 valence electrons. The van der Waals surface area contributed by atoms with Crippen molar-refractivity contribution in [3.05, 3.63) is 58.7 Å². The predicted octanol–water partition coefficient (Wildman–Crippen LogP) is 4.79. The molecule has 4 aliphatic rings. The van der Waals surface area contributed by atoms with Crippen LogP contribution in [0.15, 0.2) is 36.4 Å². The number of benzene rings is 2. The first-order valence-corrected chi connectivity index (χ1v) is 14.2. The first-order valence-electron chi connectivity index (χ1n) is 14.2. The average molecular weight is 491 g/mol. The van der Waals surface area contributed by atoms with Crippen LogP contribution in [0.25, 0.3) is 0 Å². The van der Waals surface area contributed by atoms with Crippen molar-refractivity contribution in [2.75, 3.05) is 53.4 Å². The molecule has 0 aromatic heterocycles. The lowest BCUT2D eigenvalue weighted by atomic mass is 9.97. The second-order valence-corrected chi connectivity index (χ2v) is 12.5. The summed E-state index contributed by atoms with van der Waals surface area (Å²) in [6, 6.07) is 12.0. The van der Waals surface area contributed by atoms with Gasteiger partial charge in [-0.3, -0.25) is 4.79 Å². The Labute approximate surface area is 216 Å². The van der Waals surface area contributed by atoms with Gasteiger partial charge in [-0.25, -0.2) is 0 Å². The first kappa shape index (κ1) is 24.0. The average Bonchev–Trinajstić information content (AvgIpc) is 3.45. The van der Waals surface area contributed by atoms with Gasteiger partial charge < -0.3 is 18.4 Å². The third-order valence-electron chi connectivity index (χ3n) is 9.21. The van der Waals surface area contributed by atoms with Crippen molar-refractivity contribution >= 4 is 5.78 Å². The number of hydrogen-bond donors (Lipinski definition) is 0. The lowest BCUT2D eigenvalue weighted by molar-refractivity contribution is -0.916. The van der Waals surface area contributed by atoms with Gasteiger partial charge in [0.15, 0.2) is 18.0 Å². The van der Waals surface area contributed by atoms with E-state index < -0.39 is 0 Å². The zero-order chi connectivity index (χ0) is 24.8. The van der Waals surface area contributed by atoms with Gasteiger partial charge >= 0.3 is 0 Å². The fourth-order valence-electron chi connectivity index (χ4n) is 7.19. The quantitative estimate of drug-likeness (QED) is 0.432. The van der Waals surface area contributed by atoms with Crippen LogP contribution in [0.5, 0.6) is 11.5 Å². The molecule has 2 unspecified atom stereocenters. The van der Waals surface area contributed by atoms with Crippen LogP contribution in [0, 0.1) is 0 Å². The molecule has 36 heavy (non-hydrogen) atoms. The van der Waals surface area contributed by atoms with E-state index in [-0.39, 0.29) is 18.0 Å². The van der Waals surface area contributed by atoms with Crippen LogP contribution in [-0.2, 0) is 12.8 Å². The maximum Gasteiger partial charge on any atom is 0.193 e. The minimum absolute atomic E-state index is 0.0950. The summed E-state index contributed by atoms with van der Waals surface area (Å²) < 4.78 is 14.8. The van der Waals surface area contributed by atoms with Crippen LogP contribution >= 0.6 is 0 Å². The van der Waals surface area contributed by atoms with Gasteiger partial charge in [0, 0.05) is 24.0 Å². The molecule has 0 spiro atoms. The van der Waals surface area contributed by atoms with Crippen LogP contribution in [-0.4, -0.2) is 80.3 Å². The van der Waals surface area contributed by atoms with Crippen molar-refractivity contribution in [3.8, 4) is 11.5 Å². The molecule has 2 saturated heterocycles. The Morgan fingerprint density at radius 3 is 1.53 bits per heavy atom. The van der Waals surface area contributed by atoms with Gasteiger partial charge in [-0.05, 0) is 86.1 Å². The van der Waals surface area contributed by atoms with Crippen LogP contribution < -0.4 is 9.47 Å². The maximum absolute atomic E-state index is 13.5. The normalized spacial score (nSPS) is 25.9. The monoisotopic (exact) mass is 490 g/mol. The number of rotatable bonds is 6. The van der Waals surface area contributed by atoms with E-state index in [2.05, 4.69) is 26.2 Å². The van der Waals surface area contributed by atoms with Crippen molar-refractivity contribution in [2.45, 2.75) is 63.6 Å². The molecule has 6 rings (SSSR count). The number of likely N-dealkylation sites (N-methyl/N-ethyl adjacent to an activating group) is 2. The van der Waals surface area contributed by atoms with Crippen molar-refractivity contribution < 1.29 is 23.2 Å². The highest BCUT2D eigenvalue weighted by molar-refractivity contribution is 6.09. The Bertz CT molecular complexity index is 1040. The topological polar surface area (TPSA) is 35.5 Å². The van der Waals surface area contributed by atoms with Gasteiger partial charge in [-0.1, -0.05) is 0 Å². The predicted molar refractivity (Wildman–Crippen MR) is 142 cm³/mol. The number of ketones is 1. The SMILES string of the molecule is C[N+]1(CC2Cc3cc(C(=O)c4ccc5c(c4)CC(C[N+]4(C)CCCCC4)O5)ccc3O2)CCCCC1. The van der Waals surface area contributed by atoms with E-state index in [1.54, 1.807) is 0 Å². The maximum atomic E-state index is 13.5. The lowest BCUT2D eigenvalue weighted by Gasteiger charge is -2.39. The first-order chi connectivity index (χ1) is 17.4. The second kappa shape index (κ2) is 9.50. The fraction of sp³-hybridized carbons (Fsp3) is 0.581. The van der Waals surface area contributed by atoms with E-state index in [1.165, 1.54) is 75.8 Å². The molecule has 0 amide bonds. The molecule has 2 aromatic rings. The number of piperidine rings is 2. The second-order valence-electron chi connectivity index (χ2n) is 12.5. The highest BCUT2D eigenvalue weighted by Gasteiger charge is 2.35. The van der Waals surface area contributed by atoms with Gasteiger partial charge in [-0.2, -0.15) is 0 Å². The molecule has 5 nitrogen and oxygen atoms in total. The standard InChI is InChI=1S/C31H42N2O3/c1-32(13-5-3-6-14-32)21-27-19-25-17-23(9-11-29(25)35-27)31(34)24-10-12-30-26(18-24)20-28(36-30)22-33(2)15-7-4-8-16-33/h9-12,17-18,27-28H,3-8,13-16,19-22H2,1-2H3/q+2.